The molecule has 1 saturated heterocycles. The normalized spacial score (nSPS) is 24.8. The third-order valence-corrected chi connectivity index (χ3v) is 6.65. The third kappa shape index (κ3) is 4.08. The molecule has 0 aromatic carbocycles. The number of aromatic nitrogens is 2. The number of unbranched alkanes of at least 4 members (excludes halogenated alkanes) is 3. The van der Waals surface area contributed by atoms with E-state index in [0.717, 1.165) is 29.1 Å². The lowest BCUT2D eigenvalue weighted by molar-refractivity contribution is 0.229. The fraction of sp³-hybridized carbons (Fsp3) is 0.833. The molecule has 1 aromatic heterocycles. The van der Waals surface area contributed by atoms with Gasteiger partial charge in [0, 0.05) is 26.1 Å². The monoisotopic (exact) mass is 350 g/mol. The standard InChI is InChI=1S/C18H30N4OS/c1-3-4-5-6-7-14-8-10-15(11-9-14)16-19-20-17(24-16)22-13-12-21(2)18(22)23/h14-15H,3-13H2,1-2H3. The Hall–Kier alpha value is -1.17. The molecule has 2 fully saturated rings. The van der Waals surface area contributed by atoms with Gasteiger partial charge in [-0.1, -0.05) is 50.4 Å². The molecule has 6 heteroatoms. The molecular formula is C18H30N4OS. The van der Waals surface area contributed by atoms with Gasteiger partial charge in [-0.15, -0.1) is 10.2 Å². The Bertz CT molecular complexity index is 539. The van der Waals surface area contributed by atoms with Crippen molar-refractivity contribution in [1.29, 1.82) is 0 Å². The van der Waals surface area contributed by atoms with E-state index in [1.165, 1.54) is 57.8 Å². The Morgan fingerprint density at radius 1 is 1.08 bits per heavy atom. The average molecular weight is 351 g/mol. The second kappa shape index (κ2) is 8.28. The highest BCUT2D eigenvalue weighted by Crippen LogP contribution is 2.40. The smallest absolute Gasteiger partial charge is 0.326 e. The predicted octanol–water partition coefficient (Wildman–Crippen LogP) is 4.65. The first-order valence-corrected chi connectivity index (χ1v) is 10.4. The van der Waals surface area contributed by atoms with Crippen molar-refractivity contribution in [3.05, 3.63) is 5.01 Å². The second-order valence-electron chi connectivity index (χ2n) is 7.35. The van der Waals surface area contributed by atoms with Gasteiger partial charge in [-0.3, -0.25) is 4.90 Å². The number of carbonyl (C=O) groups excluding carboxylic acids is 1. The van der Waals surface area contributed by atoms with Gasteiger partial charge < -0.3 is 4.90 Å². The van der Waals surface area contributed by atoms with Gasteiger partial charge in [0.2, 0.25) is 5.13 Å². The molecule has 0 radical (unpaired) electrons. The van der Waals surface area contributed by atoms with Crippen LogP contribution in [0.4, 0.5) is 9.93 Å². The first-order valence-electron chi connectivity index (χ1n) is 9.55. The van der Waals surface area contributed by atoms with Crippen molar-refractivity contribution in [2.45, 2.75) is 70.6 Å². The van der Waals surface area contributed by atoms with E-state index in [-0.39, 0.29) is 6.03 Å². The minimum atomic E-state index is 0.0495. The molecule has 0 atom stereocenters. The lowest BCUT2D eigenvalue weighted by Crippen LogP contribution is -2.29. The first kappa shape index (κ1) is 17.6. The van der Waals surface area contributed by atoms with Crippen molar-refractivity contribution in [1.82, 2.24) is 15.1 Å². The number of anilines is 1. The fourth-order valence-electron chi connectivity index (χ4n) is 3.88. The Morgan fingerprint density at radius 3 is 2.54 bits per heavy atom. The lowest BCUT2D eigenvalue weighted by atomic mass is 9.80. The van der Waals surface area contributed by atoms with Gasteiger partial charge in [-0.25, -0.2) is 4.79 Å². The number of rotatable bonds is 7. The Kier molecular flexibility index (Phi) is 6.09. The molecule has 5 nitrogen and oxygen atoms in total. The van der Waals surface area contributed by atoms with Crippen LogP contribution in [-0.4, -0.2) is 41.3 Å². The zero-order valence-electron chi connectivity index (χ0n) is 15.0. The van der Waals surface area contributed by atoms with Crippen LogP contribution in [0, 0.1) is 5.92 Å². The number of hydrogen-bond donors (Lipinski definition) is 0. The molecule has 1 aliphatic heterocycles. The lowest BCUT2D eigenvalue weighted by Gasteiger charge is -2.27. The van der Waals surface area contributed by atoms with Crippen LogP contribution >= 0.6 is 11.3 Å². The molecular weight excluding hydrogens is 320 g/mol. The summed E-state index contributed by atoms with van der Waals surface area (Å²) in [6, 6.07) is 0.0495. The van der Waals surface area contributed by atoms with Crippen LogP contribution in [-0.2, 0) is 0 Å². The molecule has 0 unspecified atom stereocenters. The zero-order valence-corrected chi connectivity index (χ0v) is 15.9. The summed E-state index contributed by atoms with van der Waals surface area (Å²) < 4.78 is 0. The second-order valence-corrected chi connectivity index (χ2v) is 8.33. The first-order chi connectivity index (χ1) is 11.7. The van der Waals surface area contributed by atoms with Crippen LogP contribution in [0.15, 0.2) is 0 Å². The van der Waals surface area contributed by atoms with Gasteiger partial charge >= 0.3 is 6.03 Å². The summed E-state index contributed by atoms with van der Waals surface area (Å²) in [6.45, 7) is 3.78. The predicted molar refractivity (Wildman–Crippen MR) is 98.7 cm³/mol. The number of urea groups is 1. The maximum absolute atomic E-state index is 12.1. The fourth-order valence-corrected chi connectivity index (χ4v) is 4.92. The summed E-state index contributed by atoms with van der Waals surface area (Å²) in [5, 5.41) is 10.6. The maximum atomic E-state index is 12.1. The molecule has 134 valence electrons. The van der Waals surface area contributed by atoms with Crippen molar-refractivity contribution in [2.24, 2.45) is 5.92 Å². The third-order valence-electron chi connectivity index (χ3n) is 5.54. The molecule has 1 saturated carbocycles. The molecule has 2 heterocycles. The van der Waals surface area contributed by atoms with Crippen LogP contribution in [0.1, 0.15) is 75.6 Å². The topological polar surface area (TPSA) is 49.3 Å². The number of hydrogen-bond acceptors (Lipinski definition) is 4. The van der Waals surface area contributed by atoms with Gasteiger partial charge in [0.25, 0.3) is 0 Å². The summed E-state index contributed by atoms with van der Waals surface area (Å²) in [6.07, 6.45) is 12.0. The van der Waals surface area contributed by atoms with E-state index in [0.29, 0.717) is 5.92 Å². The largest absolute Gasteiger partial charge is 0.326 e. The van der Waals surface area contributed by atoms with Gasteiger partial charge in [0.15, 0.2) is 0 Å². The number of nitrogens with zero attached hydrogens (tertiary/aromatic N) is 4. The molecule has 3 rings (SSSR count). The number of amides is 2. The van der Waals surface area contributed by atoms with E-state index >= 15 is 0 Å². The van der Waals surface area contributed by atoms with E-state index < -0.39 is 0 Å². The Labute approximate surface area is 149 Å². The summed E-state index contributed by atoms with van der Waals surface area (Å²) >= 11 is 1.62. The highest BCUT2D eigenvalue weighted by atomic mass is 32.1. The Morgan fingerprint density at radius 2 is 1.88 bits per heavy atom. The van der Waals surface area contributed by atoms with Crippen molar-refractivity contribution in [3.63, 3.8) is 0 Å². The highest BCUT2D eigenvalue weighted by molar-refractivity contribution is 7.15. The SMILES string of the molecule is CCCCCCC1CCC(c2nnc(N3CCN(C)C3=O)s2)CC1. The van der Waals surface area contributed by atoms with Gasteiger partial charge in [0.1, 0.15) is 5.01 Å². The summed E-state index contributed by atoms with van der Waals surface area (Å²) in [4.78, 5) is 15.6. The van der Waals surface area contributed by atoms with Crippen LogP contribution in [0.2, 0.25) is 0 Å². The van der Waals surface area contributed by atoms with Crippen molar-refractivity contribution < 1.29 is 4.79 Å². The number of likely N-dealkylation sites (N-methyl/N-ethyl adjacent to an activating group) is 1. The summed E-state index contributed by atoms with van der Waals surface area (Å²) in [5.74, 6) is 1.47. The number of carbonyl (C=O) groups is 1. The quantitative estimate of drug-likeness (QED) is 0.672. The molecule has 0 bridgehead atoms. The average Bonchev–Trinajstić information content (AvgIpc) is 3.20. The minimum Gasteiger partial charge on any atom is -0.326 e. The molecule has 0 spiro atoms. The highest BCUT2D eigenvalue weighted by Gasteiger charge is 2.31. The van der Waals surface area contributed by atoms with Crippen LogP contribution in [0.5, 0.6) is 0 Å². The van der Waals surface area contributed by atoms with Crippen molar-refractivity contribution >= 4 is 22.5 Å². The Balaban J connectivity index is 1.48. The summed E-state index contributed by atoms with van der Waals surface area (Å²) in [7, 11) is 1.84. The minimum absolute atomic E-state index is 0.0495. The van der Waals surface area contributed by atoms with Gasteiger partial charge in [-0.05, 0) is 31.6 Å². The molecule has 0 N–H and O–H groups in total. The molecule has 1 aliphatic carbocycles. The van der Waals surface area contributed by atoms with E-state index in [1.54, 1.807) is 21.1 Å². The van der Waals surface area contributed by atoms with Crippen molar-refractivity contribution in [3.8, 4) is 0 Å². The van der Waals surface area contributed by atoms with Crippen molar-refractivity contribution in [2.75, 3.05) is 25.0 Å². The molecule has 1 aromatic rings. The zero-order chi connectivity index (χ0) is 16.9. The van der Waals surface area contributed by atoms with Crippen LogP contribution in [0.3, 0.4) is 0 Å². The van der Waals surface area contributed by atoms with E-state index in [2.05, 4.69) is 17.1 Å². The van der Waals surface area contributed by atoms with Crippen LogP contribution < -0.4 is 4.90 Å². The van der Waals surface area contributed by atoms with E-state index in [4.69, 9.17) is 0 Å². The molecule has 24 heavy (non-hydrogen) atoms. The summed E-state index contributed by atoms with van der Waals surface area (Å²) in [5.41, 5.74) is 0. The molecule has 2 aliphatic rings. The van der Waals surface area contributed by atoms with E-state index in [1.807, 2.05) is 7.05 Å². The van der Waals surface area contributed by atoms with E-state index in [9.17, 15) is 4.79 Å². The van der Waals surface area contributed by atoms with Crippen LogP contribution in [0.25, 0.3) is 0 Å². The van der Waals surface area contributed by atoms with Gasteiger partial charge in [-0.2, -0.15) is 0 Å². The molecule has 2 amide bonds. The maximum Gasteiger partial charge on any atom is 0.326 e. The van der Waals surface area contributed by atoms with Gasteiger partial charge in [0.05, 0.1) is 0 Å².